The Morgan fingerprint density at radius 2 is 2.50 bits per heavy atom. The zero-order valence-corrected chi connectivity index (χ0v) is 5.92. The highest BCUT2D eigenvalue weighted by atomic mass is 16.1. The van der Waals surface area contributed by atoms with Gasteiger partial charge in [-0.25, -0.2) is 0 Å². The topological polar surface area (TPSA) is 78.9 Å². The highest BCUT2D eigenvalue weighted by Crippen LogP contribution is 1.88. The summed E-state index contributed by atoms with van der Waals surface area (Å²) in [7, 11) is 0. The molecule has 0 heterocycles. The molecular weight excluding hydrogens is 130 g/mol. The Morgan fingerprint density at radius 3 is 2.90 bits per heavy atom. The normalized spacial score (nSPS) is 11.7. The maximum Gasteiger partial charge on any atom is 0.224 e. The molecule has 1 unspecified atom stereocenters. The number of carbonyl (C=O) groups is 1. The van der Waals surface area contributed by atoms with Crippen LogP contribution < -0.4 is 11.1 Å². The van der Waals surface area contributed by atoms with Crippen molar-refractivity contribution >= 4 is 5.91 Å². The molecule has 1 atom stereocenters. The second-order valence-electron chi connectivity index (χ2n) is 2.01. The molecule has 3 N–H and O–H groups in total. The van der Waals surface area contributed by atoms with E-state index in [0.29, 0.717) is 6.54 Å². The molecule has 0 fully saturated rings. The van der Waals surface area contributed by atoms with Crippen LogP contribution in [0.4, 0.5) is 0 Å². The van der Waals surface area contributed by atoms with Crippen LogP contribution in [0.2, 0.25) is 0 Å². The van der Waals surface area contributed by atoms with Crippen molar-refractivity contribution in [3.63, 3.8) is 0 Å². The summed E-state index contributed by atoms with van der Waals surface area (Å²) in [5.41, 5.74) is 5.20. The van der Waals surface area contributed by atoms with Crippen LogP contribution in [0.15, 0.2) is 0 Å². The second-order valence-corrected chi connectivity index (χ2v) is 2.01. The number of hydrogen-bond donors (Lipinski definition) is 2. The summed E-state index contributed by atoms with van der Waals surface area (Å²) in [6, 6.07) is 1.80. The molecule has 0 aromatic carbocycles. The summed E-state index contributed by atoms with van der Waals surface area (Å²) in [5.74, 6) is -0.364. The zero-order valence-electron chi connectivity index (χ0n) is 5.92. The number of nitrogens with zero attached hydrogens (tertiary/aromatic N) is 1. The standard InChI is InChI=1S/C6H11N3O/c1-5(4-8)6(10)9-3-2-7/h5H,3-4,8H2,1H3,(H,9,10). The molecule has 0 aliphatic rings. The number of carbonyl (C=O) groups excluding carboxylic acids is 1. The van der Waals surface area contributed by atoms with E-state index in [0.717, 1.165) is 0 Å². The second kappa shape index (κ2) is 4.77. The summed E-state index contributed by atoms with van der Waals surface area (Å²) in [6.45, 7) is 2.09. The predicted molar refractivity (Wildman–Crippen MR) is 36.8 cm³/mol. The van der Waals surface area contributed by atoms with Crippen LogP contribution in [-0.2, 0) is 4.79 Å². The number of nitriles is 1. The lowest BCUT2D eigenvalue weighted by Gasteiger charge is -2.05. The number of nitrogens with two attached hydrogens (primary N) is 1. The van der Waals surface area contributed by atoms with Gasteiger partial charge in [-0.3, -0.25) is 4.79 Å². The largest absolute Gasteiger partial charge is 0.343 e. The van der Waals surface area contributed by atoms with Gasteiger partial charge in [-0.2, -0.15) is 5.26 Å². The SMILES string of the molecule is CC(CN)C(=O)NCC#N. The highest BCUT2D eigenvalue weighted by molar-refractivity contribution is 5.78. The molecule has 4 heteroatoms. The molecule has 0 bridgehead atoms. The van der Waals surface area contributed by atoms with Gasteiger partial charge >= 0.3 is 0 Å². The maximum atomic E-state index is 10.8. The number of rotatable bonds is 3. The van der Waals surface area contributed by atoms with E-state index >= 15 is 0 Å². The maximum absolute atomic E-state index is 10.8. The smallest absolute Gasteiger partial charge is 0.224 e. The van der Waals surface area contributed by atoms with E-state index in [1.807, 2.05) is 0 Å². The number of amides is 1. The Labute approximate surface area is 60.0 Å². The van der Waals surface area contributed by atoms with Crippen LogP contribution in [0.5, 0.6) is 0 Å². The van der Waals surface area contributed by atoms with Crippen molar-refractivity contribution in [1.82, 2.24) is 5.32 Å². The van der Waals surface area contributed by atoms with E-state index in [1.165, 1.54) is 0 Å². The van der Waals surface area contributed by atoms with Gasteiger partial charge in [-0.15, -0.1) is 0 Å². The van der Waals surface area contributed by atoms with Crippen molar-refractivity contribution in [2.75, 3.05) is 13.1 Å². The molecule has 0 saturated heterocycles. The lowest BCUT2D eigenvalue weighted by molar-refractivity contribution is -0.123. The molecule has 0 rings (SSSR count). The minimum absolute atomic E-state index is 0.0587. The van der Waals surface area contributed by atoms with E-state index in [-0.39, 0.29) is 18.4 Å². The van der Waals surface area contributed by atoms with Gasteiger partial charge in [0.2, 0.25) is 5.91 Å². The summed E-state index contributed by atoms with van der Waals surface area (Å²) >= 11 is 0. The molecule has 56 valence electrons. The number of hydrogen-bond acceptors (Lipinski definition) is 3. The fraction of sp³-hybridized carbons (Fsp3) is 0.667. The average molecular weight is 141 g/mol. The van der Waals surface area contributed by atoms with Gasteiger partial charge in [-0.1, -0.05) is 6.92 Å². The van der Waals surface area contributed by atoms with Crippen molar-refractivity contribution in [2.45, 2.75) is 6.92 Å². The summed E-state index contributed by atoms with van der Waals surface area (Å²) in [6.07, 6.45) is 0. The third kappa shape index (κ3) is 3.05. The van der Waals surface area contributed by atoms with Gasteiger partial charge in [0.1, 0.15) is 6.54 Å². The van der Waals surface area contributed by atoms with Crippen molar-refractivity contribution in [3.05, 3.63) is 0 Å². The van der Waals surface area contributed by atoms with Crippen LogP contribution in [0.1, 0.15) is 6.92 Å². The average Bonchev–Trinajstić information content (AvgIpc) is 1.98. The van der Waals surface area contributed by atoms with Gasteiger partial charge in [0, 0.05) is 12.5 Å². The Bertz CT molecular complexity index is 150. The van der Waals surface area contributed by atoms with Crippen molar-refractivity contribution < 1.29 is 4.79 Å². The summed E-state index contributed by atoms with van der Waals surface area (Å²) in [5, 5.41) is 10.5. The monoisotopic (exact) mass is 141 g/mol. The molecule has 1 amide bonds. The Morgan fingerprint density at radius 1 is 1.90 bits per heavy atom. The van der Waals surface area contributed by atoms with Crippen LogP contribution in [-0.4, -0.2) is 19.0 Å². The molecule has 4 nitrogen and oxygen atoms in total. The molecule has 0 aromatic rings. The highest BCUT2D eigenvalue weighted by Gasteiger charge is 2.08. The molecule has 0 saturated carbocycles. The van der Waals surface area contributed by atoms with Gasteiger partial charge < -0.3 is 11.1 Å². The van der Waals surface area contributed by atoms with Crippen molar-refractivity contribution in [3.8, 4) is 6.07 Å². The predicted octanol–water partition coefficient (Wildman–Crippen LogP) is -0.779. The molecule has 0 aromatic heterocycles. The lowest BCUT2D eigenvalue weighted by Crippen LogP contribution is -2.33. The quantitative estimate of drug-likeness (QED) is 0.506. The minimum atomic E-state index is -0.201. The third-order valence-corrected chi connectivity index (χ3v) is 1.14. The van der Waals surface area contributed by atoms with Gasteiger partial charge in [-0.05, 0) is 0 Å². The first kappa shape index (κ1) is 8.92. The molecule has 10 heavy (non-hydrogen) atoms. The first-order chi connectivity index (χ1) is 4.72. The lowest BCUT2D eigenvalue weighted by atomic mass is 10.2. The van der Waals surface area contributed by atoms with E-state index in [2.05, 4.69) is 5.32 Å². The van der Waals surface area contributed by atoms with E-state index < -0.39 is 0 Å². The first-order valence-corrected chi connectivity index (χ1v) is 3.07. The molecule has 0 aliphatic heterocycles. The molecular formula is C6H11N3O. The van der Waals surface area contributed by atoms with E-state index in [1.54, 1.807) is 13.0 Å². The summed E-state index contributed by atoms with van der Waals surface area (Å²) < 4.78 is 0. The van der Waals surface area contributed by atoms with E-state index in [4.69, 9.17) is 11.0 Å². The summed E-state index contributed by atoms with van der Waals surface area (Å²) in [4.78, 5) is 10.8. The fourth-order valence-electron chi connectivity index (χ4n) is 0.408. The Hall–Kier alpha value is -1.08. The third-order valence-electron chi connectivity index (χ3n) is 1.14. The zero-order chi connectivity index (χ0) is 7.98. The van der Waals surface area contributed by atoms with Crippen LogP contribution in [0.25, 0.3) is 0 Å². The first-order valence-electron chi connectivity index (χ1n) is 3.07. The number of nitrogens with one attached hydrogen (secondary N) is 1. The van der Waals surface area contributed by atoms with Crippen LogP contribution in [0.3, 0.4) is 0 Å². The van der Waals surface area contributed by atoms with Crippen molar-refractivity contribution in [1.29, 1.82) is 5.26 Å². The van der Waals surface area contributed by atoms with Crippen LogP contribution >= 0.6 is 0 Å². The fourth-order valence-corrected chi connectivity index (χ4v) is 0.408. The Kier molecular flexibility index (Phi) is 4.25. The Balaban J connectivity index is 3.54. The van der Waals surface area contributed by atoms with Gasteiger partial charge in [0.05, 0.1) is 6.07 Å². The molecule has 0 radical (unpaired) electrons. The van der Waals surface area contributed by atoms with E-state index in [9.17, 15) is 4.79 Å². The molecule has 0 spiro atoms. The molecule has 0 aliphatic carbocycles. The van der Waals surface area contributed by atoms with Crippen molar-refractivity contribution in [2.24, 2.45) is 11.7 Å². The van der Waals surface area contributed by atoms with Crippen LogP contribution in [0, 0.1) is 17.2 Å². The van der Waals surface area contributed by atoms with Gasteiger partial charge in [0.25, 0.3) is 0 Å². The minimum Gasteiger partial charge on any atom is -0.343 e. The van der Waals surface area contributed by atoms with Gasteiger partial charge in [0.15, 0.2) is 0 Å².